The Morgan fingerprint density at radius 1 is 0.867 bits per heavy atom. The number of hydrogen-bond acceptors (Lipinski definition) is 3. The fourth-order valence-electron chi connectivity index (χ4n) is 4.19. The van der Waals surface area contributed by atoms with Crippen LogP contribution in [0.5, 0.6) is 0 Å². The molecule has 2 heterocycles. The summed E-state index contributed by atoms with van der Waals surface area (Å²) in [6, 6.07) is 19.3. The first kappa shape index (κ1) is 18.0. The molecule has 4 heteroatoms. The number of rotatable bonds is 2. The highest BCUT2D eigenvalue weighted by molar-refractivity contribution is 9.10. The van der Waals surface area contributed by atoms with Crippen LogP contribution in [-0.2, 0) is 6.42 Å². The highest BCUT2D eigenvalue weighted by atomic mass is 79.9. The molecule has 30 heavy (non-hydrogen) atoms. The van der Waals surface area contributed by atoms with E-state index in [0.717, 1.165) is 39.8 Å². The molecule has 5 aromatic rings. The molecule has 144 valence electrons. The maximum absolute atomic E-state index is 4.75. The first-order chi connectivity index (χ1) is 14.8. The van der Waals surface area contributed by atoms with E-state index in [1.54, 1.807) is 0 Å². The lowest BCUT2D eigenvalue weighted by Crippen LogP contribution is -1.91. The van der Waals surface area contributed by atoms with Crippen LogP contribution in [0.2, 0.25) is 0 Å². The Morgan fingerprint density at radius 3 is 2.63 bits per heavy atom. The molecule has 3 aromatic carbocycles. The van der Waals surface area contributed by atoms with E-state index < -0.39 is 0 Å². The van der Waals surface area contributed by atoms with Gasteiger partial charge in [-0.05, 0) is 70.5 Å². The third kappa shape index (κ3) is 2.99. The van der Waals surface area contributed by atoms with Crippen LogP contribution in [0.15, 0.2) is 77.5 Å². The predicted octanol–water partition coefficient (Wildman–Crippen LogP) is 7.90. The summed E-state index contributed by atoms with van der Waals surface area (Å²) in [6.07, 6.45) is 10.6. The van der Waals surface area contributed by atoms with Crippen LogP contribution < -0.4 is 0 Å². The molecule has 2 aromatic heterocycles. The van der Waals surface area contributed by atoms with Crippen LogP contribution in [0.4, 0.5) is 0 Å². The summed E-state index contributed by atoms with van der Waals surface area (Å²) < 4.78 is 2.37. The minimum Gasteiger partial charge on any atom is -0.236 e. The number of nitrogens with zero attached hydrogens (tertiary/aromatic N) is 2. The Bertz CT molecular complexity index is 1450. The van der Waals surface area contributed by atoms with Crippen molar-refractivity contribution in [3.8, 4) is 22.5 Å². The van der Waals surface area contributed by atoms with Crippen molar-refractivity contribution < 1.29 is 0 Å². The molecule has 0 fully saturated rings. The van der Waals surface area contributed by atoms with Crippen molar-refractivity contribution in [2.75, 3.05) is 0 Å². The number of allylic oxidation sites excluding steroid dienone is 1. The van der Waals surface area contributed by atoms with Crippen LogP contribution in [0.1, 0.15) is 16.9 Å². The van der Waals surface area contributed by atoms with Gasteiger partial charge in [0, 0.05) is 37.6 Å². The second-order valence-corrected chi connectivity index (χ2v) is 9.54. The van der Waals surface area contributed by atoms with Crippen molar-refractivity contribution in [1.82, 2.24) is 9.97 Å². The van der Waals surface area contributed by atoms with E-state index in [4.69, 9.17) is 9.97 Å². The molecule has 1 aliphatic rings. The van der Waals surface area contributed by atoms with Crippen molar-refractivity contribution in [3.05, 3.63) is 88.0 Å². The largest absolute Gasteiger partial charge is 0.236 e. The summed E-state index contributed by atoms with van der Waals surface area (Å²) in [5.74, 6) is 0.787. The summed E-state index contributed by atoms with van der Waals surface area (Å²) in [5, 5.41) is 3.78. The molecule has 0 N–H and O–H groups in total. The van der Waals surface area contributed by atoms with Crippen molar-refractivity contribution >= 4 is 54.2 Å². The van der Waals surface area contributed by atoms with Crippen LogP contribution in [-0.4, -0.2) is 9.97 Å². The minimum atomic E-state index is 0.787. The van der Waals surface area contributed by atoms with Gasteiger partial charge in [-0.3, -0.25) is 0 Å². The molecule has 0 saturated heterocycles. The van der Waals surface area contributed by atoms with Gasteiger partial charge in [-0.1, -0.05) is 52.3 Å². The van der Waals surface area contributed by atoms with E-state index in [1.165, 1.54) is 31.3 Å². The molecule has 6 rings (SSSR count). The third-order valence-electron chi connectivity index (χ3n) is 5.71. The lowest BCUT2D eigenvalue weighted by Gasteiger charge is -2.07. The zero-order valence-electron chi connectivity index (χ0n) is 16.1. The van der Waals surface area contributed by atoms with Crippen molar-refractivity contribution in [3.63, 3.8) is 0 Å². The Labute approximate surface area is 187 Å². The smallest absolute Gasteiger partial charge is 0.160 e. The van der Waals surface area contributed by atoms with Gasteiger partial charge in [0.1, 0.15) is 0 Å². The normalized spacial score (nSPS) is 13.1. The Morgan fingerprint density at radius 2 is 1.73 bits per heavy atom. The summed E-state index contributed by atoms with van der Waals surface area (Å²) >= 11 is 5.41. The fraction of sp³-hybridized carbons (Fsp3) is 0.0769. The van der Waals surface area contributed by atoms with Gasteiger partial charge in [0.05, 0.1) is 0 Å². The van der Waals surface area contributed by atoms with Crippen molar-refractivity contribution in [2.45, 2.75) is 12.8 Å². The van der Waals surface area contributed by atoms with E-state index in [-0.39, 0.29) is 0 Å². The van der Waals surface area contributed by atoms with E-state index in [0.29, 0.717) is 0 Å². The second-order valence-electron chi connectivity index (χ2n) is 7.57. The van der Waals surface area contributed by atoms with E-state index >= 15 is 0 Å². The first-order valence-electron chi connectivity index (χ1n) is 9.99. The second kappa shape index (κ2) is 7.15. The van der Waals surface area contributed by atoms with E-state index in [1.807, 2.05) is 23.7 Å². The standard InChI is InChI=1S/C26H17BrN2S/c27-20-11-10-16-8-9-17(12-18(16)13-20)19-14-28-26(29-15-19)23-6-3-5-22-21-4-1-2-7-24(21)30-25(22)23/h2-3,5-15H,1,4H2. The zero-order chi connectivity index (χ0) is 20.1. The lowest BCUT2D eigenvalue weighted by molar-refractivity contribution is 1.01. The number of thiophene rings is 1. The summed E-state index contributed by atoms with van der Waals surface area (Å²) in [4.78, 5) is 10.9. The highest BCUT2D eigenvalue weighted by Crippen LogP contribution is 2.40. The van der Waals surface area contributed by atoms with Gasteiger partial charge in [0.25, 0.3) is 0 Å². The zero-order valence-corrected chi connectivity index (χ0v) is 18.5. The molecular formula is C26H17BrN2S. The molecule has 0 bridgehead atoms. The molecule has 0 saturated carbocycles. The summed E-state index contributed by atoms with van der Waals surface area (Å²) in [5.41, 5.74) is 4.75. The molecule has 0 amide bonds. The quantitative estimate of drug-likeness (QED) is 0.263. The Balaban J connectivity index is 1.42. The van der Waals surface area contributed by atoms with E-state index in [2.05, 4.69) is 82.7 Å². The molecule has 1 aliphatic carbocycles. The molecule has 0 unspecified atom stereocenters. The van der Waals surface area contributed by atoms with Gasteiger partial charge < -0.3 is 0 Å². The van der Waals surface area contributed by atoms with Crippen molar-refractivity contribution in [2.24, 2.45) is 0 Å². The third-order valence-corrected chi connectivity index (χ3v) is 7.45. The maximum Gasteiger partial charge on any atom is 0.160 e. The number of aromatic nitrogens is 2. The minimum absolute atomic E-state index is 0.787. The average molecular weight is 469 g/mol. The molecule has 0 radical (unpaired) electrons. The Kier molecular flexibility index (Phi) is 4.29. The number of halogens is 1. The summed E-state index contributed by atoms with van der Waals surface area (Å²) in [6.45, 7) is 0. The summed E-state index contributed by atoms with van der Waals surface area (Å²) in [7, 11) is 0. The van der Waals surface area contributed by atoms with E-state index in [9.17, 15) is 0 Å². The lowest BCUT2D eigenvalue weighted by atomic mass is 10.00. The van der Waals surface area contributed by atoms with Gasteiger partial charge in [-0.2, -0.15) is 0 Å². The van der Waals surface area contributed by atoms with Crippen LogP contribution in [0.3, 0.4) is 0 Å². The predicted molar refractivity (Wildman–Crippen MR) is 131 cm³/mol. The average Bonchev–Trinajstić information content (AvgIpc) is 3.17. The number of aryl methyl sites for hydroxylation is 1. The molecule has 0 aliphatic heterocycles. The van der Waals surface area contributed by atoms with Gasteiger partial charge >= 0.3 is 0 Å². The van der Waals surface area contributed by atoms with Gasteiger partial charge in [-0.15, -0.1) is 11.3 Å². The topological polar surface area (TPSA) is 25.8 Å². The molecular weight excluding hydrogens is 452 g/mol. The van der Waals surface area contributed by atoms with Crippen LogP contribution in [0, 0.1) is 0 Å². The van der Waals surface area contributed by atoms with Gasteiger partial charge in [0.15, 0.2) is 5.82 Å². The number of fused-ring (bicyclic) bond motifs is 4. The number of benzene rings is 3. The van der Waals surface area contributed by atoms with Crippen molar-refractivity contribution in [1.29, 1.82) is 0 Å². The highest BCUT2D eigenvalue weighted by Gasteiger charge is 2.16. The number of hydrogen-bond donors (Lipinski definition) is 0. The van der Waals surface area contributed by atoms with Gasteiger partial charge in [-0.25, -0.2) is 9.97 Å². The fourth-order valence-corrected chi connectivity index (χ4v) is 5.86. The molecule has 0 atom stereocenters. The van der Waals surface area contributed by atoms with Gasteiger partial charge in [0.2, 0.25) is 0 Å². The molecule has 0 spiro atoms. The van der Waals surface area contributed by atoms with Crippen LogP contribution in [0.25, 0.3) is 49.4 Å². The monoisotopic (exact) mass is 468 g/mol. The molecule has 2 nitrogen and oxygen atoms in total. The first-order valence-corrected chi connectivity index (χ1v) is 11.6. The maximum atomic E-state index is 4.75. The Hall–Kier alpha value is -2.82. The SMILES string of the molecule is Brc1ccc2ccc(-c3cnc(-c4cccc5c6c(sc45)C=CCC6)nc3)cc2c1. The van der Waals surface area contributed by atoms with Crippen LogP contribution >= 0.6 is 27.3 Å².